The molecule has 1 rings (SSSR count). The number of hydrogen-bond acceptors (Lipinski definition) is 3. The first-order valence-corrected chi connectivity index (χ1v) is 5.33. The van der Waals surface area contributed by atoms with Crippen molar-refractivity contribution in [3.05, 3.63) is 35.9 Å². The van der Waals surface area contributed by atoms with Crippen LogP contribution in [0.25, 0.3) is 0 Å². The van der Waals surface area contributed by atoms with Gasteiger partial charge in [0.25, 0.3) is 0 Å². The Hall–Kier alpha value is -1.59. The number of ether oxygens (including phenoxy) is 1. The highest BCUT2D eigenvalue weighted by molar-refractivity contribution is 5.64. The van der Waals surface area contributed by atoms with E-state index in [9.17, 15) is 4.79 Å². The molecule has 1 aromatic rings. The van der Waals surface area contributed by atoms with Crippen molar-refractivity contribution in [3.63, 3.8) is 0 Å². The van der Waals surface area contributed by atoms with Gasteiger partial charge in [0.2, 0.25) is 0 Å². The Morgan fingerprint density at radius 2 is 2.06 bits per heavy atom. The quantitative estimate of drug-likeness (QED) is 0.782. The lowest BCUT2D eigenvalue weighted by atomic mass is 10.2. The van der Waals surface area contributed by atoms with Gasteiger partial charge < -0.3 is 19.8 Å². The topological polar surface area (TPSA) is 70.0 Å². The molecule has 0 radical (unpaired) electrons. The predicted octanol–water partition coefficient (Wildman–Crippen LogP) is 1.17. The first-order chi connectivity index (χ1) is 8.15. The molecule has 94 valence electrons. The van der Waals surface area contributed by atoms with Crippen LogP contribution in [0, 0.1) is 0 Å². The molecule has 17 heavy (non-hydrogen) atoms. The smallest absolute Gasteiger partial charge is 0.407 e. The Morgan fingerprint density at radius 1 is 1.41 bits per heavy atom. The lowest BCUT2D eigenvalue weighted by Crippen LogP contribution is -2.41. The first-order valence-electron chi connectivity index (χ1n) is 5.33. The van der Waals surface area contributed by atoms with Gasteiger partial charge in [0.05, 0.1) is 25.9 Å². The Morgan fingerprint density at radius 3 is 2.59 bits per heavy atom. The molecule has 2 N–H and O–H groups in total. The lowest BCUT2D eigenvalue weighted by Gasteiger charge is -2.23. The SMILES string of the molecule is CN(C(=O)O)[C@H](CO)COCc1ccccc1. The third-order valence-electron chi connectivity index (χ3n) is 2.48. The largest absolute Gasteiger partial charge is 0.465 e. The zero-order valence-electron chi connectivity index (χ0n) is 9.74. The lowest BCUT2D eigenvalue weighted by molar-refractivity contribution is 0.0355. The zero-order valence-corrected chi connectivity index (χ0v) is 9.74. The molecule has 0 saturated heterocycles. The number of carbonyl (C=O) groups is 1. The number of rotatable bonds is 6. The highest BCUT2D eigenvalue weighted by Crippen LogP contribution is 2.03. The fourth-order valence-corrected chi connectivity index (χ4v) is 1.33. The summed E-state index contributed by atoms with van der Waals surface area (Å²) in [5, 5.41) is 17.8. The minimum absolute atomic E-state index is 0.175. The average Bonchev–Trinajstić information content (AvgIpc) is 2.35. The molecule has 0 fully saturated rings. The molecule has 0 spiro atoms. The van der Waals surface area contributed by atoms with Crippen molar-refractivity contribution in [3.8, 4) is 0 Å². The molecule has 5 nitrogen and oxygen atoms in total. The van der Waals surface area contributed by atoms with Gasteiger partial charge in [0, 0.05) is 7.05 Å². The minimum atomic E-state index is -1.08. The second-order valence-corrected chi connectivity index (χ2v) is 3.73. The molecule has 1 aromatic carbocycles. The van der Waals surface area contributed by atoms with Crippen LogP contribution in [0.15, 0.2) is 30.3 Å². The summed E-state index contributed by atoms with van der Waals surface area (Å²) in [5.41, 5.74) is 1.02. The number of hydrogen-bond donors (Lipinski definition) is 2. The van der Waals surface area contributed by atoms with Crippen molar-refractivity contribution in [2.24, 2.45) is 0 Å². The molecule has 0 aliphatic rings. The molecule has 0 heterocycles. The summed E-state index contributed by atoms with van der Waals surface area (Å²) >= 11 is 0. The van der Waals surface area contributed by atoms with Gasteiger partial charge in [-0.2, -0.15) is 0 Å². The number of likely N-dealkylation sites (N-methyl/N-ethyl adjacent to an activating group) is 1. The average molecular weight is 239 g/mol. The van der Waals surface area contributed by atoms with E-state index >= 15 is 0 Å². The van der Waals surface area contributed by atoms with Crippen molar-refractivity contribution in [2.45, 2.75) is 12.6 Å². The van der Waals surface area contributed by atoms with Crippen LogP contribution in [-0.4, -0.2) is 47.5 Å². The maximum Gasteiger partial charge on any atom is 0.407 e. The number of aliphatic hydroxyl groups is 1. The monoisotopic (exact) mass is 239 g/mol. The molecule has 0 unspecified atom stereocenters. The van der Waals surface area contributed by atoms with Crippen molar-refractivity contribution in [1.29, 1.82) is 0 Å². The van der Waals surface area contributed by atoms with Gasteiger partial charge in [-0.15, -0.1) is 0 Å². The fraction of sp³-hybridized carbons (Fsp3) is 0.417. The van der Waals surface area contributed by atoms with E-state index in [2.05, 4.69) is 0 Å². The van der Waals surface area contributed by atoms with Crippen LogP contribution in [0.5, 0.6) is 0 Å². The second-order valence-electron chi connectivity index (χ2n) is 3.73. The summed E-state index contributed by atoms with van der Waals surface area (Å²) in [7, 11) is 1.41. The molecule has 0 aliphatic heterocycles. The third kappa shape index (κ3) is 4.42. The summed E-state index contributed by atoms with van der Waals surface area (Å²) in [6.45, 7) is 0.330. The van der Waals surface area contributed by atoms with E-state index in [0.29, 0.717) is 6.61 Å². The van der Waals surface area contributed by atoms with Gasteiger partial charge in [-0.25, -0.2) is 4.79 Å². The maximum atomic E-state index is 10.7. The van der Waals surface area contributed by atoms with Crippen molar-refractivity contribution >= 4 is 6.09 Å². The van der Waals surface area contributed by atoms with Gasteiger partial charge in [0.1, 0.15) is 0 Å². The molecule has 0 saturated carbocycles. The summed E-state index contributed by atoms with van der Waals surface area (Å²) < 4.78 is 5.38. The van der Waals surface area contributed by atoms with Crippen LogP contribution < -0.4 is 0 Å². The van der Waals surface area contributed by atoms with Crippen LogP contribution in [0.4, 0.5) is 4.79 Å². The molecule has 0 aromatic heterocycles. The Labute approximate surface area is 100 Å². The predicted molar refractivity (Wildman–Crippen MR) is 62.8 cm³/mol. The summed E-state index contributed by atoms with van der Waals surface area (Å²) in [6, 6.07) is 9.05. The molecular formula is C12H17NO4. The number of aliphatic hydroxyl groups excluding tert-OH is 1. The summed E-state index contributed by atoms with van der Waals surface area (Å²) in [6.07, 6.45) is -1.08. The molecular weight excluding hydrogens is 222 g/mol. The van der Waals surface area contributed by atoms with Crippen molar-refractivity contribution < 1.29 is 19.7 Å². The van der Waals surface area contributed by atoms with E-state index in [1.54, 1.807) is 0 Å². The molecule has 0 bridgehead atoms. The van der Waals surface area contributed by atoms with Crippen LogP contribution in [-0.2, 0) is 11.3 Å². The standard InChI is InChI=1S/C12H17NO4/c1-13(12(15)16)11(7-14)9-17-8-10-5-3-2-4-6-10/h2-6,11,14H,7-9H2,1H3,(H,15,16)/t11-/m1/s1. The third-order valence-corrected chi connectivity index (χ3v) is 2.48. The Balaban J connectivity index is 2.36. The Bertz CT molecular complexity index is 342. The van der Waals surface area contributed by atoms with Crippen LogP contribution in [0.1, 0.15) is 5.56 Å². The van der Waals surface area contributed by atoms with Gasteiger partial charge >= 0.3 is 6.09 Å². The number of nitrogens with zero attached hydrogens (tertiary/aromatic N) is 1. The highest BCUT2D eigenvalue weighted by Gasteiger charge is 2.18. The van der Waals surface area contributed by atoms with E-state index < -0.39 is 12.1 Å². The zero-order chi connectivity index (χ0) is 12.7. The normalized spacial score (nSPS) is 12.1. The Kier molecular flexibility index (Phi) is 5.45. The van der Waals surface area contributed by atoms with E-state index in [4.69, 9.17) is 14.9 Å². The van der Waals surface area contributed by atoms with Gasteiger partial charge in [0.15, 0.2) is 0 Å². The van der Waals surface area contributed by atoms with Crippen molar-refractivity contribution in [2.75, 3.05) is 20.3 Å². The molecule has 0 aliphatic carbocycles. The highest BCUT2D eigenvalue weighted by atomic mass is 16.5. The first kappa shape index (κ1) is 13.5. The van der Waals surface area contributed by atoms with Crippen LogP contribution in [0.3, 0.4) is 0 Å². The minimum Gasteiger partial charge on any atom is -0.465 e. The second kappa shape index (κ2) is 6.88. The van der Waals surface area contributed by atoms with E-state index in [0.717, 1.165) is 10.5 Å². The van der Waals surface area contributed by atoms with Crippen LogP contribution >= 0.6 is 0 Å². The van der Waals surface area contributed by atoms with E-state index in [-0.39, 0.29) is 13.2 Å². The summed E-state index contributed by atoms with van der Waals surface area (Å²) in [5.74, 6) is 0. The molecule has 1 atom stereocenters. The summed E-state index contributed by atoms with van der Waals surface area (Å²) in [4.78, 5) is 11.7. The van der Waals surface area contributed by atoms with Gasteiger partial charge in [-0.05, 0) is 5.56 Å². The molecule has 5 heteroatoms. The van der Waals surface area contributed by atoms with Crippen molar-refractivity contribution in [1.82, 2.24) is 4.90 Å². The van der Waals surface area contributed by atoms with E-state index in [1.165, 1.54) is 7.05 Å². The van der Waals surface area contributed by atoms with E-state index in [1.807, 2.05) is 30.3 Å². The van der Waals surface area contributed by atoms with Crippen LogP contribution in [0.2, 0.25) is 0 Å². The number of benzene rings is 1. The number of carboxylic acid groups (broad SMARTS) is 1. The molecule has 1 amide bonds. The number of amides is 1. The van der Waals surface area contributed by atoms with Gasteiger partial charge in [-0.1, -0.05) is 30.3 Å². The van der Waals surface area contributed by atoms with Gasteiger partial charge in [-0.3, -0.25) is 0 Å². The fourth-order valence-electron chi connectivity index (χ4n) is 1.33. The maximum absolute atomic E-state index is 10.7.